The highest BCUT2D eigenvalue weighted by Gasteiger charge is 2.26. The lowest BCUT2D eigenvalue weighted by Gasteiger charge is -2.37. The average molecular weight is 423 g/mol. The molecule has 2 heterocycles. The lowest BCUT2D eigenvalue weighted by Crippen LogP contribution is -2.44. The van der Waals surface area contributed by atoms with E-state index in [4.69, 9.17) is 13.9 Å². The Morgan fingerprint density at radius 2 is 1.90 bits per heavy atom. The predicted molar refractivity (Wildman–Crippen MR) is 120 cm³/mol. The van der Waals surface area contributed by atoms with E-state index in [9.17, 15) is 4.79 Å². The zero-order chi connectivity index (χ0) is 21.8. The number of hydrogen-bond donors (Lipinski definition) is 0. The molecule has 31 heavy (non-hydrogen) atoms. The molecule has 4 rings (SSSR count). The molecule has 1 fully saturated rings. The molecular formula is C25H30N2O4. The van der Waals surface area contributed by atoms with Gasteiger partial charge in [-0.05, 0) is 36.2 Å². The first-order chi connectivity index (χ1) is 15.0. The number of hydrogen-bond acceptors (Lipinski definition) is 5. The molecule has 3 aromatic rings. The van der Waals surface area contributed by atoms with Gasteiger partial charge in [-0.15, -0.1) is 0 Å². The van der Waals surface area contributed by atoms with Crippen molar-refractivity contribution in [2.45, 2.75) is 19.4 Å². The third-order valence-corrected chi connectivity index (χ3v) is 6.01. The number of aryl methyl sites for hydroxylation is 1. The van der Waals surface area contributed by atoms with Crippen molar-refractivity contribution < 1.29 is 18.7 Å². The summed E-state index contributed by atoms with van der Waals surface area (Å²) in [6.45, 7) is 5.77. The SMILES string of the molecule is COc1ccc(C(CN(C)C(=O)Cc2coc3cc(C)ccc23)N2CCOCC2)cc1. The van der Waals surface area contributed by atoms with E-state index in [1.54, 1.807) is 13.4 Å². The Kier molecular flexibility index (Phi) is 6.59. The molecule has 0 saturated carbocycles. The predicted octanol–water partition coefficient (Wildman–Crippen LogP) is 3.82. The van der Waals surface area contributed by atoms with E-state index in [-0.39, 0.29) is 11.9 Å². The molecule has 1 aliphatic heterocycles. The van der Waals surface area contributed by atoms with Gasteiger partial charge in [0.2, 0.25) is 5.91 Å². The van der Waals surface area contributed by atoms with Gasteiger partial charge in [0.25, 0.3) is 0 Å². The quantitative estimate of drug-likeness (QED) is 0.579. The van der Waals surface area contributed by atoms with Crippen LogP contribution in [0.5, 0.6) is 5.75 Å². The highest BCUT2D eigenvalue weighted by atomic mass is 16.5. The van der Waals surface area contributed by atoms with Gasteiger partial charge < -0.3 is 18.8 Å². The minimum Gasteiger partial charge on any atom is -0.497 e. The van der Waals surface area contributed by atoms with Gasteiger partial charge in [0.05, 0.1) is 39.0 Å². The van der Waals surface area contributed by atoms with E-state index in [2.05, 4.69) is 17.0 Å². The fraction of sp³-hybridized carbons (Fsp3) is 0.400. The number of methoxy groups -OCH3 is 1. The standard InChI is InChI=1S/C25H30N2O4/c1-18-4-9-22-20(17-31-24(22)14-18)15-25(28)26(2)16-23(27-10-12-30-13-11-27)19-5-7-21(29-3)8-6-19/h4-9,14,17,23H,10-13,15-16H2,1-3H3. The number of fused-ring (bicyclic) bond motifs is 1. The molecule has 1 atom stereocenters. The second-order valence-electron chi connectivity index (χ2n) is 8.15. The van der Waals surface area contributed by atoms with Crippen molar-refractivity contribution in [1.29, 1.82) is 0 Å². The Bertz CT molecular complexity index is 1020. The first-order valence-electron chi connectivity index (χ1n) is 10.7. The summed E-state index contributed by atoms with van der Waals surface area (Å²) in [5.41, 5.74) is 4.07. The van der Waals surface area contributed by atoms with Crippen molar-refractivity contribution in [3.8, 4) is 5.75 Å². The lowest BCUT2D eigenvalue weighted by atomic mass is 10.0. The molecule has 0 radical (unpaired) electrons. The Hall–Kier alpha value is -2.83. The summed E-state index contributed by atoms with van der Waals surface area (Å²) in [6.07, 6.45) is 2.03. The summed E-state index contributed by atoms with van der Waals surface area (Å²) in [4.78, 5) is 17.3. The van der Waals surface area contributed by atoms with Crippen LogP contribution >= 0.6 is 0 Å². The topological polar surface area (TPSA) is 55.2 Å². The number of ether oxygens (including phenoxy) is 2. The van der Waals surface area contributed by atoms with Gasteiger partial charge in [-0.2, -0.15) is 0 Å². The van der Waals surface area contributed by atoms with Crippen molar-refractivity contribution in [2.24, 2.45) is 0 Å². The van der Waals surface area contributed by atoms with Crippen molar-refractivity contribution in [3.05, 3.63) is 65.4 Å². The van der Waals surface area contributed by atoms with E-state index < -0.39 is 0 Å². The molecule has 2 aromatic carbocycles. The molecular weight excluding hydrogens is 392 g/mol. The fourth-order valence-electron chi connectivity index (χ4n) is 4.13. The largest absolute Gasteiger partial charge is 0.497 e. The number of likely N-dealkylation sites (N-methyl/N-ethyl adjacent to an activating group) is 1. The van der Waals surface area contributed by atoms with E-state index in [1.165, 1.54) is 5.56 Å². The molecule has 1 amide bonds. The monoisotopic (exact) mass is 422 g/mol. The van der Waals surface area contributed by atoms with Gasteiger partial charge in [-0.3, -0.25) is 9.69 Å². The number of carbonyl (C=O) groups excluding carboxylic acids is 1. The minimum absolute atomic E-state index is 0.0787. The summed E-state index contributed by atoms with van der Waals surface area (Å²) in [5.74, 6) is 0.908. The van der Waals surface area contributed by atoms with Gasteiger partial charge in [-0.25, -0.2) is 0 Å². The molecule has 0 bridgehead atoms. The molecule has 6 heteroatoms. The van der Waals surface area contributed by atoms with Crippen LogP contribution in [0.2, 0.25) is 0 Å². The minimum atomic E-state index is 0.0787. The molecule has 1 unspecified atom stereocenters. The van der Waals surface area contributed by atoms with Crippen LogP contribution in [-0.4, -0.2) is 62.7 Å². The lowest BCUT2D eigenvalue weighted by molar-refractivity contribution is -0.130. The normalized spacial score (nSPS) is 15.7. The smallest absolute Gasteiger partial charge is 0.226 e. The number of rotatable bonds is 7. The van der Waals surface area contributed by atoms with Crippen molar-refractivity contribution >= 4 is 16.9 Å². The summed E-state index contributed by atoms with van der Waals surface area (Å²) >= 11 is 0. The van der Waals surface area contributed by atoms with Crippen molar-refractivity contribution in [3.63, 3.8) is 0 Å². The zero-order valence-corrected chi connectivity index (χ0v) is 18.5. The molecule has 1 aromatic heterocycles. The Morgan fingerprint density at radius 1 is 1.16 bits per heavy atom. The maximum absolute atomic E-state index is 13.1. The number of carbonyl (C=O) groups is 1. The third-order valence-electron chi connectivity index (χ3n) is 6.01. The first kappa shape index (κ1) is 21.4. The Balaban J connectivity index is 1.50. The Labute approximate surface area is 183 Å². The maximum atomic E-state index is 13.1. The second kappa shape index (κ2) is 9.54. The molecule has 1 aliphatic rings. The Morgan fingerprint density at radius 3 is 2.61 bits per heavy atom. The summed E-state index contributed by atoms with van der Waals surface area (Å²) in [5, 5.41) is 1.01. The van der Waals surface area contributed by atoms with Gasteiger partial charge in [0.1, 0.15) is 11.3 Å². The maximum Gasteiger partial charge on any atom is 0.226 e. The molecule has 0 aliphatic carbocycles. The molecule has 0 N–H and O–H groups in total. The number of benzene rings is 2. The van der Waals surface area contributed by atoms with E-state index >= 15 is 0 Å². The van der Waals surface area contributed by atoms with Gasteiger partial charge >= 0.3 is 0 Å². The molecule has 6 nitrogen and oxygen atoms in total. The second-order valence-corrected chi connectivity index (χ2v) is 8.15. The van der Waals surface area contributed by atoms with Crippen molar-refractivity contribution in [1.82, 2.24) is 9.80 Å². The fourth-order valence-corrected chi connectivity index (χ4v) is 4.13. The first-order valence-corrected chi connectivity index (χ1v) is 10.7. The summed E-state index contributed by atoms with van der Waals surface area (Å²) < 4.78 is 16.5. The number of nitrogens with zero attached hydrogens (tertiary/aromatic N) is 2. The summed E-state index contributed by atoms with van der Waals surface area (Å²) in [7, 11) is 3.55. The average Bonchev–Trinajstić information content (AvgIpc) is 3.19. The van der Waals surface area contributed by atoms with Crippen LogP contribution < -0.4 is 4.74 Å². The van der Waals surface area contributed by atoms with Crippen LogP contribution in [0, 0.1) is 6.92 Å². The molecule has 164 valence electrons. The van der Waals surface area contributed by atoms with Gasteiger partial charge in [-0.1, -0.05) is 24.3 Å². The van der Waals surface area contributed by atoms with Crippen molar-refractivity contribution in [2.75, 3.05) is 47.0 Å². The van der Waals surface area contributed by atoms with E-state index in [0.29, 0.717) is 26.2 Å². The number of furan rings is 1. The summed E-state index contributed by atoms with van der Waals surface area (Å²) in [6, 6.07) is 14.3. The molecule has 1 saturated heterocycles. The van der Waals surface area contributed by atoms with Gasteiger partial charge in [0, 0.05) is 37.6 Å². The number of morpholine rings is 1. The van der Waals surface area contributed by atoms with Crippen LogP contribution in [-0.2, 0) is 16.0 Å². The highest BCUT2D eigenvalue weighted by molar-refractivity contribution is 5.87. The van der Waals surface area contributed by atoms with E-state index in [1.807, 2.05) is 49.2 Å². The molecule has 0 spiro atoms. The van der Waals surface area contributed by atoms with Crippen LogP contribution in [0.25, 0.3) is 11.0 Å². The van der Waals surface area contributed by atoms with Crippen LogP contribution in [0.3, 0.4) is 0 Å². The number of amides is 1. The van der Waals surface area contributed by atoms with E-state index in [0.717, 1.165) is 40.9 Å². The van der Waals surface area contributed by atoms with Crippen LogP contribution in [0.15, 0.2) is 53.1 Å². The highest BCUT2D eigenvalue weighted by Crippen LogP contribution is 2.26. The third kappa shape index (κ3) is 4.92. The van der Waals surface area contributed by atoms with Crippen LogP contribution in [0.1, 0.15) is 22.7 Å². The zero-order valence-electron chi connectivity index (χ0n) is 18.5. The van der Waals surface area contributed by atoms with Gasteiger partial charge in [0.15, 0.2) is 0 Å². The van der Waals surface area contributed by atoms with Crippen LogP contribution in [0.4, 0.5) is 0 Å².